The first-order chi connectivity index (χ1) is 4.70. The molecule has 0 aromatic heterocycles. The standard InChI is InChI=1S/C7H18O2Si/c1-5-9-10(8-4)6-7(2)3/h7,10H,5-6H2,1-4H3. The van der Waals surface area contributed by atoms with E-state index in [9.17, 15) is 0 Å². The molecular formula is C7H18O2Si. The zero-order chi connectivity index (χ0) is 7.98. The topological polar surface area (TPSA) is 18.5 Å². The summed E-state index contributed by atoms with van der Waals surface area (Å²) in [6.45, 7) is 7.19. The van der Waals surface area contributed by atoms with Gasteiger partial charge >= 0.3 is 9.28 Å². The van der Waals surface area contributed by atoms with Gasteiger partial charge in [-0.2, -0.15) is 0 Å². The third kappa shape index (κ3) is 4.96. The Morgan fingerprint density at radius 1 is 1.40 bits per heavy atom. The quantitative estimate of drug-likeness (QED) is 0.571. The Labute approximate surface area is 65.4 Å². The number of rotatable bonds is 5. The summed E-state index contributed by atoms with van der Waals surface area (Å²) < 4.78 is 10.6. The minimum absolute atomic E-state index is 0.697. The SMILES string of the molecule is CCO[SiH](CC(C)C)OC. The van der Waals surface area contributed by atoms with Gasteiger partial charge in [-0.1, -0.05) is 13.8 Å². The van der Waals surface area contributed by atoms with Crippen molar-refractivity contribution in [1.29, 1.82) is 0 Å². The van der Waals surface area contributed by atoms with Crippen LogP contribution in [0.4, 0.5) is 0 Å². The summed E-state index contributed by atoms with van der Waals surface area (Å²) in [5.41, 5.74) is 0. The van der Waals surface area contributed by atoms with E-state index in [4.69, 9.17) is 8.85 Å². The van der Waals surface area contributed by atoms with Gasteiger partial charge in [-0.25, -0.2) is 0 Å². The third-order valence-corrected chi connectivity index (χ3v) is 3.84. The predicted octanol–water partition coefficient (Wildman–Crippen LogP) is 1.55. The first-order valence-corrected chi connectivity index (χ1v) is 5.61. The van der Waals surface area contributed by atoms with Gasteiger partial charge in [0.1, 0.15) is 0 Å². The molecule has 0 radical (unpaired) electrons. The summed E-state index contributed by atoms with van der Waals surface area (Å²) in [4.78, 5) is 0. The van der Waals surface area contributed by atoms with Crippen LogP contribution in [0.25, 0.3) is 0 Å². The molecular weight excluding hydrogens is 144 g/mol. The van der Waals surface area contributed by atoms with E-state index in [1.54, 1.807) is 7.11 Å². The molecule has 0 rings (SSSR count). The van der Waals surface area contributed by atoms with Crippen LogP contribution in [0.1, 0.15) is 20.8 Å². The smallest absolute Gasteiger partial charge is 0.321 e. The maximum absolute atomic E-state index is 5.42. The lowest BCUT2D eigenvalue weighted by Gasteiger charge is -2.14. The molecule has 0 aromatic carbocycles. The average Bonchev–Trinajstić information content (AvgIpc) is 1.86. The minimum atomic E-state index is -1.27. The second-order valence-electron chi connectivity index (χ2n) is 2.75. The van der Waals surface area contributed by atoms with Gasteiger partial charge < -0.3 is 8.85 Å². The molecule has 3 heteroatoms. The highest BCUT2D eigenvalue weighted by atomic mass is 28.3. The zero-order valence-electron chi connectivity index (χ0n) is 7.39. The largest absolute Gasteiger partial charge is 0.400 e. The average molecular weight is 162 g/mol. The lowest BCUT2D eigenvalue weighted by molar-refractivity contribution is 0.236. The van der Waals surface area contributed by atoms with Crippen molar-refractivity contribution in [3.63, 3.8) is 0 Å². The highest BCUT2D eigenvalue weighted by molar-refractivity contribution is 6.44. The molecule has 1 unspecified atom stereocenters. The minimum Gasteiger partial charge on any atom is -0.400 e. The van der Waals surface area contributed by atoms with Gasteiger partial charge in [0.15, 0.2) is 0 Å². The second kappa shape index (κ2) is 5.89. The molecule has 0 fully saturated rings. The lowest BCUT2D eigenvalue weighted by Crippen LogP contribution is -2.22. The van der Waals surface area contributed by atoms with E-state index >= 15 is 0 Å². The Balaban J connectivity index is 3.39. The zero-order valence-corrected chi connectivity index (χ0v) is 8.54. The van der Waals surface area contributed by atoms with Crippen molar-refractivity contribution in [2.45, 2.75) is 26.8 Å². The fraction of sp³-hybridized carbons (Fsp3) is 1.00. The summed E-state index contributed by atoms with van der Waals surface area (Å²) >= 11 is 0. The van der Waals surface area contributed by atoms with Crippen LogP contribution in [0.15, 0.2) is 0 Å². The predicted molar refractivity (Wildman–Crippen MR) is 45.4 cm³/mol. The summed E-state index contributed by atoms with van der Waals surface area (Å²) in [6, 6.07) is 1.12. The second-order valence-corrected chi connectivity index (χ2v) is 4.89. The first kappa shape index (κ1) is 10.1. The molecule has 0 aliphatic carbocycles. The Morgan fingerprint density at radius 3 is 2.30 bits per heavy atom. The Hall–Kier alpha value is 0.137. The van der Waals surface area contributed by atoms with Crippen LogP contribution in [-0.2, 0) is 8.85 Å². The Bertz CT molecular complexity index is 76.0. The van der Waals surface area contributed by atoms with Crippen molar-refractivity contribution < 1.29 is 8.85 Å². The van der Waals surface area contributed by atoms with Crippen LogP contribution >= 0.6 is 0 Å². The van der Waals surface area contributed by atoms with Gasteiger partial charge in [0.25, 0.3) is 0 Å². The fourth-order valence-electron chi connectivity index (χ4n) is 0.803. The van der Waals surface area contributed by atoms with Crippen LogP contribution in [0.5, 0.6) is 0 Å². The molecule has 0 saturated heterocycles. The van der Waals surface area contributed by atoms with Crippen molar-refractivity contribution in [3.8, 4) is 0 Å². The van der Waals surface area contributed by atoms with E-state index in [1.807, 2.05) is 6.92 Å². The van der Waals surface area contributed by atoms with Gasteiger partial charge in [0, 0.05) is 13.7 Å². The van der Waals surface area contributed by atoms with Gasteiger partial charge in [0.05, 0.1) is 0 Å². The van der Waals surface area contributed by atoms with Gasteiger partial charge in [-0.15, -0.1) is 0 Å². The van der Waals surface area contributed by atoms with E-state index < -0.39 is 9.28 Å². The summed E-state index contributed by atoms with van der Waals surface area (Å²) in [5, 5.41) is 0. The normalized spacial score (nSPS) is 14.1. The van der Waals surface area contributed by atoms with E-state index in [0.717, 1.165) is 12.7 Å². The molecule has 2 nitrogen and oxygen atoms in total. The third-order valence-electron chi connectivity index (χ3n) is 1.28. The molecule has 0 aromatic rings. The maximum Gasteiger partial charge on any atom is 0.321 e. The molecule has 0 aliphatic rings. The van der Waals surface area contributed by atoms with Crippen LogP contribution in [0.3, 0.4) is 0 Å². The Kier molecular flexibility index (Phi) is 5.97. The molecule has 10 heavy (non-hydrogen) atoms. The Morgan fingerprint density at radius 2 is 2.00 bits per heavy atom. The van der Waals surface area contributed by atoms with Gasteiger partial charge in [0.2, 0.25) is 0 Å². The molecule has 0 amide bonds. The molecule has 1 atom stereocenters. The fourth-order valence-corrected chi connectivity index (χ4v) is 2.41. The molecule has 0 aliphatic heterocycles. The van der Waals surface area contributed by atoms with Crippen LogP contribution < -0.4 is 0 Å². The van der Waals surface area contributed by atoms with E-state index in [1.165, 1.54) is 0 Å². The maximum atomic E-state index is 5.42. The van der Waals surface area contributed by atoms with Crippen molar-refractivity contribution in [2.24, 2.45) is 5.92 Å². The van der Waals surface area contributed by atoms with E-state index in [0.29, 0.717) is 5.92 Å². The molecule has 62 valence electrons. The molecule has 0 bridgehead atoms. The molecule has 0 spiro atoms. The van der Waals surface area contributed by atoms with Crippen molar-refractivity contribution >= 4 is 9.28 Å². The first-order valence-electron chi connectivity index (χ1n) is 3.85. The molecule has 0 saturated carbocycles. The van der Waals surface area contributed by atoms with E-state index in [2.05, 4.69) is 13.8 Å². The van der Waals surface area contributed by atoms with Gasteiger partial charge in [-0.3, -0.25) is 0 Å². The van der Waals surface area contributed by atoms with Crippen LogP contribution in [-0.4, -0.2) is 23.0 Å². The summed E-state index contributed by atoms with van der Waals surface area (Å²) in [6.07, 6.45) is 0. The van der Waals surface area contributed by atoms with E-state index in [-0.39, 0.29) is 0 Å². The van der Waals surface area contributed by atoms with Crippen molar-refractivity contribution in [2.75, 3.05) is 13.7 Å². The van der Waals surface area contributed by atoms with Crippen LogP contribution in [0.2, 0.25) is 6.04 Å². The highest BCUT2D eigenvalue weighted by Gasteiger charge is 2.11. The summed E-state index contributed by atoms with van der Waals surface area (Å²) in [5.74, 6) is 0.697. The molecule has 0 N–H and O–H groups in total. The van der Waals surface area contributed by atoms with Crippen LogP contribution in [0, 0.1) is 5.92 Å². The highest BCUT2D eigenvalue weighted by Crippen LogP contribution is 2.06. The summed E-state index contributed by atoms with van der Waals surface area (Å²) in [7, 11) is 0.474. The van der Waals surface area contributed by atoms with Crippen molar-refractivity contribution in [1.82, 2.24) is 0 Å². The molecule has 0 heterocycles. The van der Waals surface area contributed by atoms with Gasteiger partial charge in [-0.05, 0) is 18.9 Å². The lowest BCUT2D eigenvalue weighted by atomic mass is 10.3. The monoisotopic (exact) mass is 162 g/mol. The van der Waals surface area contributed by atoms with Crippen molar-refractivity contribution in [3.05, 3.63) is 0 Å². The number of hydrogen-bond donors (Lipinski definition) is 0. The number of hydrogen-bond acceptors (Lipinski definition) is 2.